The van der Waals surface area contributed by atoms with Crippen LogP contribution in [-0.4, -0.2) is 118 Å². The molecule has 1 aliphatic heterocycles. The molecule has 0 aromatic heterocycles. The van der Waals surface area contributed by atoms with Gasteiger partial charge in [-0.25, -0.2) is 18.9 Å². The fourth-order valence-electron chi connectivity index (χ4n) is 9.75. The van der Waals surface area contributed by atoms with E-state index in [0.717, 1.165) is 13.8 Å². The number of carbonyl (C=O) groups is 7. The first-order valence-electron chi connectivity index (χ1n) is 23.3. The molecule has 22 heteroatoms. The first-order valence-corrected chi connectivity index (χ1v) is 24.8. The number of carbonyl (C=O) groups excluding carboxylic acids is 7. The van der Waals surface area contributed by atoms with E-state index in [0.29, 0.717) is 0 Å². The average Bonchev–Trinajstić information content (AvgIpc) is 3.34. The second-order valence-electron chi connectivity index (χ2n) is 19.1. The standard InChI is InChI=1S/C51H60NO20P/c1-9-64-47(59)70-40(38(32-19-13-10-14-20-32)52-44(56)33-21-15-11-16-22-33)46(58)69-35-26-51(60,48(5,6)7)43(71-45(57)34-23-17-12-18-24-34)41-49(8,42(55)39(29(35)2)68-30(3)53)36(66-28-67-73(61,62)63)25-37-50(41,27-65-37)72-31(4)54/h10-24,35-38,40-41,43,60H,9,25-28H2,1-8H3,(H,52,56)(H2,61,62,63)/b39-29+/t35-,36-,37+,38-,40+,41-,43-,49+,50-,51+/m0/s1. The van der Waals surface area contributed by atoms with E-state index in [9.17, 15) is 43.4 Å². The summed E-state index contributed by atoms with van der Waals surface area (Å²) in [6.07, 6.45) is -11.4. The van der Waals surface area contributed by atoms with Gasteiger partial charge in [-0.3, -0.25) is 23.7 Å². The lowest BCUT2D eigenvalue weighted by molar-refractivity contribution is -0.347. The van der Waals surface area contributed by atoms with E-state index in [1.807, 2.05) is 0 Å². The minimum atomic E-state index is -5.23. The van der Waals surface area contributed by atoms with Gasteiger partial charge in [0.1, 0.15) is 30.0 Å². The van der Waals surface area contributed by atoms with Crippen molar-refractivity contribution in [3.63, 3.8) is 0 Å². The first-order chi connectivity index (χ1) is 34.3. The minimum absolute atomic E-state index is 0.0328. The van der Waals surface area contributed by atoms with Crippen molar-refractivity contribution in [2.24, 2.45) is 16.7 Å². The molecule has 0 radical (unpaired) electrons. The Morgan fingerprint density at radius 3 is 1.99 bits per heavy atom. The summed E-state index contributed by atoms with van der Waals surface area (Å²) in [6, 6.07) is 21.9. The molecule has 10 atom stereocenters. The Balaban J connectivity index is 1.63. The number of hydrogen-bond donors (Lipinski definition) is 4. The molecule has 3 aromatic rings. The monoisotopic (exact) mass is 1040 g/mol. The number of phosphoric ester groups is 1. The molecule has 0 spiro atoms. The van der Waals surface area contributed by atoms with E-state index in [1.165, 1.54) is 45.0 Å². The third-order valence-electron chi connectivity index (χ3n) is 13.5. The van der Waals surface area contributed by atoms with Crippen LogP contribution in [0.2, 0.25) is 0 Å². The number of phosphoric acid groups is 1. The van der Waals surface area contributed by atoms with Gasteiger partial charge in [-0.05, 0) is 56.0 Å². The lowest BCUT2D eigenvalue weighted by Crippen LogP contribution is -2.79. The summed E-state index contributed by atoms with van der Waals surface area (Å²) in [6.45, 7) is 8.92. The number of aliphatic hydroxyl groups is 1. The molecule has 21 nitrogen and oxygen atoms in total. The smallest absolute Gasteiger partial charge is 0.455 e. The van der Waals surface area contributed by atoms with Crippen molar-refractivity contribution in [3.05, 3.63) is 119 Å². The number of ketones is 1. The van der Waals surface area contributed by atoms with Gasteiger partial charge in [0.2, 0.25) is 11.9 Å². The highest BCUT2D eigenvalue weighted by Gasteiger charge is 2.76. The van der Waals surface area contributed by atoms with Crippen molar-refractivity contribution >= 4 is 49.5 Å². The van der Waals surface area contributed by atoms with E-state index in [-0.39, 0.29) is 35.3 Å². The predicted octanol–water partition coefficient (Wildman–Crippen LogP) is 5.60. The highest BCUT2D eigenvalue weighted by molar-refractivity contribution is 7.46. The summed E-state index contributed by atoms with van der Waals surface area (Å²) in [7, 11) is -5.23. The Hall–Kier alpha value is -6.32. The highest BCUT2D eigenvalue weighted by Crippen LogP contribution is 2.62. The maximum atomic E-state index is 16.0. The van der Waals surface area contributed by atoms with Crippen molar-refractivity contribution in [1.29, 1.82) is 0 Å². The number of esters is 4. The predicted molar refractivity (Wildman–Crippen MR) is 252 cm³/mol. The number of ether oxygens (including phenoxy) is 8. The Morgan fingerprint density at radius 2 is 1.47 bits per heavy atom. The van der Waals surface area contributed by atoms with Crippen molar-refractivity contribution in [2.75, 3.05) is 20.0 Å². The zero-order chi connectivity index (χ0) is 53.7. The molecular formula is C51H60NO20P. The lowest BCUT2D eigenvalue weighted by atomic mass is 9.49. The number of rotatable bonds is 16. The highest BCUT2D eigenvalue weighted by atomic mass is 31.2. The molecule has 1 saturated heterocycles. The molecule has 3 aromatic carbocycles. The molecule has 1 amide bonds. The van der Waals surface area contributed by atoms with Crippen molar-refractivity contribution in [3.8, 4) is 0 Å². The van der Waals surface area contributed by atoms with Crippen LogP contribution in [0.25, 0.3) is 0 Å². The molecule has 1 saturated carbocycles. The van der Waals surface area contributed by atoms with Gasteiger partial charge in [-0.2, -0.15) is 0 Å². The summed E-state index contributed by atoms with van der Waals surface area (Å²) in [4.78, 5) is 119. The molecule has 4 N–H and O–H groups in total. The second kappa shape index (κ2) is 22.4. The largest absolute Gasteiger partial charge is 0.509 e. The molecule has 6 rings (SSSR count). The van der Waals surface area contributed by atoms with Gasteiger partial charge in [0.15, 0.2) is 18.2 Å². The van der Waals surface area contributed by atoms with Crippen molar-refractivity contribution in [1.82, 2.24) is 5.32 Å². The molecule has 394 valence electrons. The number of nitrogens with one attached hydrogen (secondary N) is 1. The average molecular weight is 1040 g/mol. The number of amides is 1. The van der Waals surface area contributed by atoms with Gasteiger partial charge in [0, 0.05) is 37.8 Å². The maximum absolute atomic E-state index is 16.0. The van der Waals surface area contributed by atoms with Gasteiger partial charge in [-0.15, -0.1) is 0 Å². The van der Waals surface area contributed by atoms with E-state index >= 15 is 9.59 Å². The van der Waals surface area contributed by atoms with Gasteiger partial charge in [0.25, 0.3) is 5.91 Å². The van der Waals surface area contributed by atoms with Crippen LogP contribution in [-0.2, 0) is 66.2 Å². The molecule has 73 heavy (non-hydrogen) atoms. The van der Waals surface area contributed by atoms with Crippen molar-refractivity contribution < 1.29 is 95.4 Å². The fraction of sp³-hybridized carbons (Fsp3) is 0.471. The Kier molecular flexibility index (Phi) is 17.2. The molecule has 2 fully saturated rings. The molecule has 2 aliphatic carbocycles. The van der Waals surface area contributed by atoms with Crippen LogP contribution in [0.5, 0.6) is 0 Å². The number of hydrogen-bond acceptors (Lipinski definition) is 18. The molecule has 1 heterocycles. The number of fused-ring (bicyclic) bond motifs is 3. The van der Waals surface area contributed by atoms with E-state index in [4.69, 9.17) is 37.9 Å². The number of benzene rings is 3. The topological polar surface area (TPSA) is 292 Å². The Bertz CT molecular complexity index is 2620. The zero-order valence-corrected chi connectivity index (χ0v) is 42.4. The third kappa shape index (κ3) is 12.0. The van der Waals surface area contributed by atoms with Crippen LogP contribution in [0.15, 0.2) is 102 Å². The van der Waals surface area contributed by atoms with Crippen LogP contribution in [0.4, 0.5) is 4.79 Å². The van der Waals surface area contributed by atoms with Crippen LogP contribution < -0.4 is 5.32 Å². The van der Waals surface area contributed by atoms with Gasteiger partial charge in [0.05, 0.1) is 36.2 Å². The number of Topliss-reactive ketones (excluding diaryl/α,β-unsaturated/α-hetero) is 1. The SMILES string of the molecule is CCOC(=O)O[C@@H](C(=O)O[C@H]1C[C@](O)(C(C)(C)C)[C@@H](OC(=O)c2ccccc2)[C@@H]2[C@]3(OC(C)=O)CO[C@@H]3C[C@H](OCOP(=O)(O)O)[C@@]2(C)C(=O)/C(OC(C)=O)=C\1C)[C@@H](NC(=O)c1ccccc1)c1ccccc1. The van der Waals surface area contributed by atoms with Crippen LogP contribution in [0.1, 0.15) is 101 Å². The molecule has 0 bridgehead atoms. The summed E-state index contributed by atoms with van der Waals surface area (Å²) >= 11 is 0. The maximum Gasteiger partial charge on any atom is 0.509 e. The lowest BCUT2D eigenvalue weighted by Gasteiger charge is -2.65. The number of allylic oxidation sites excluding steroid dienone is 1. The van der Waals surface area contributed by atoms with Gasteiger partial charge >= 0.3 is 37.9 Å². The van der Waals surface area contributed by atoms with Crippen LogP contribution in [0, 0.1) is 16.7 Å². The van der Waals surface area contributed by atoms with Gasteiger partial charge < -0.3 is 58.1 Å². The summed E-state index contributed by atoms with van der Waals surface area (Å²) < 4.78 is 64.1. The molecule has 0 unspecified atom stereocenters. The van der Waals surface area contributed by atoms with Crippen LogP contribution in [0.3, 0.4) is 0 Å². The van der Waals surface area contributed by atoms with E-state index in [1.54, 1.807) is 87.5 Å². The van der Waals surface area contributed by atoms with Crippen molar-refractivity contribution in [2.45, 2.75) is 116 Å². The quantitative estimate of drug-likeness (QED) is 0.0587. The first kappa shape index (κ1) is 56.0. The summed E-state index contributed by atoms with van der Waals surface area (Å²) in [5, 5.41) is 16.7. The minimum Gasteiger partial charge on any atom is -0.455 e. The van der Waals surface area contributed by atoms with Crippen LogP contribution >= 0.6 is 7.82 Å². The zero-order valence-electron chi connectivity index (χ0n) is 41.5. The molecule has 3 aliphatic rings. The normalized spacial score (nSPS) is 27.8. The summed E-state index contributed by atoms with van der Waals surface area (Å²) in [5.41, 5.74) is -8.35. The van der Waals surface area contributed by atoms with E-state index in [2.05, 4.69) is 9.84 Å². The second-order valence-corrected chi connectivity index (χ2v) is 20.4. The van der Waals surface area contributed by atoms with E-state index < -0.39 is 140 Å². The molecular weight excluding hydrogens is 978 g/mol. The third-order valence-corrected chi connectivity index (χ3v) is 13.9. The summed E-state index contributed by atoms with van der Waals surface area (Å²) in [5.74, 6) is -8.80. The Labute approximate surface area is 421 Å². The fourth-order valence-corrected chi connectivity index (χ4v) is 9.95. The van der Waals surface area contributed by atoms with Gasteiger partial charge in [-0.1, -0.05) is 87.5 Å². The Morgan fingerprint density at radius 1 is 0.877 bits per heavy atom.